The number of fused-ring (bicyclic) bond motifs is 2. The number of nitrogens with zero attached hydrogens (tertiary/aromatic N) is 3. The summed E-state index contributed by atoms with van der Waals surface area (Å²) in [7, 11) is 0. The highest BCUT2D eigenvalue weighted by Crippen LogP contribution is 2.55. The fourth-order valence-electron chi connectivity index (χ4n) is 6.41. The number of piperidine rings is 1. The van der Waals surface area contributed by atoms with Gasteiger partial charge in [-0.25, -0.2) is 0 Å². The van der Waals surface area contributed by atoms with E-state index < -0.39 is 4.87 Å². The van der Waals surface area contributed by atoms with Crippen molar-refractivity contribution in [1.29, 1.82) is 0 Å². The van der Waals surface area contributed by atoms with Gasteiger partial charge in [-0.3, -0.25) is 24.3 Å². The lowest BCUT2D eigenvalue weighted by Crippen LogP contribution is -2.52. The highest BCUT2D eigenvalue weighted by atomic mass is 32.2. The van der Waals surface area contributed by atoms with Crippen LogP contribution in [0.5, 0.6) is 5.75 Å². The van der Waals surface area contributed by atoms with Crippen molar-refractivity contribution in [3.05, 3.63) is 90.0 Å². The number of amides is 2. The number of anilines is 2. The third-order valence-corrected chi connectivity index (χ3v) is 9.98. The molecule has 7 heteroatoms. The van der Waals surface area contributed by atoms with Crippen LogP contribution < -0.4 is 14.5 Å². The van der Waals surface area contributed by atoms with Crippen molar-refractivity contribution in [1.82, 2.24) is 4.90 Å². The van der Waals surface area contributed by atoms with Crippen molar-refractivity contribution in [3.8, 4) is 5.75 Å². The SMILES string of the molecule is CCCCCOc1ccc(N2C(=O)CS[C@]23C(=O)N(CN2CCC(Cc4ccccc4)CC2)c2ccccc23)cc1. The predicted molar refractivity (Wildman–Crippen MR) is 166 cm³/mol. The number of likely N-dealkylation sites (tertiary alicyclic amines) is 1. The van der Waals surface area contributed by atoms with E-state index in [-0.39, 0.29) is 17.6 Å². The summed E-state index contributed by atoms with van der Waals surface area (Å²) in [4.78, 5) is 32.8. The van der Waals surface area contributed by atoms with Gasteiger partial charge in [0.25, 0.3) is 5.91 Å². The minimum atomic E-state index is -1.08. The number of hydrogen-bond acceptors (Lipinski definition) is 5. The molecule has 3 heterocycles. The Morgan fingerprint density at radius 1 is 0.902 bits per heavy atom. The molecular formula is C34H39N3O3S. The van der Waals surface area contributed by atoms with Crippen molar-refractivity contribution >= 4 is 35.0 Å². The lowest BCUT2D eigenvalue weighted by atomic mass is 9.90. The number of ether oxygens (including phenoxy) is 1. The number of unbranched alkanes of at least 4 members (excludes halogenated alkanes) is 2. The quantitative estimate of drug-likeness (QED) is 0.263. The van der Waals surface area contributed by atoms with Crippen LogP contribution in [0.2, 0.25) is 0 Å². The second-order valence-electron chi connectivity index (χ2n) is 11.4. The minimum Gasteiger partial charge on any atom is -0.494 e. The molecule has 1 spiro atoms. The van der Waals surface area contributed by atoms with Crippen LogP contribution in [-0.2, 0) is 20.9 Å². The first-order chi connectivity index (χ1) is 20.1. The van der Waals surface area contributed by atoms with Crippen molar-refractivity contribution < 1.29 is 14.3 Å². The van der Waals surface area contributed by atoms with E-state index in [9.17, 15) is 9.59 Å². The van der Waals surface area contributed by atoms with E-state index in [4.69, 9.17) is 4.74 Å². The monoisotopic (exact) mass is 569 g/mol. The number of para-hydroxylation sites is 1. The largest absolute Gasteiger partial charge is 0.494 e. The zero-order valence-electron chi connectivity index (χ0n) is 23.8. The number of carbonyl (C=O) groups excluding carboxylic acids is 2. The summed E-state index contributed by atoms with van der Waals surface area (Å²) in [5.41, 5.74) is 3.94. The summed E-state index contributed by atoms with van der Waals surface area (Å²) in [6.07, 6.45) is 6.67. The first-order valence-corrected chi connectivity index (χ1v) is 16.0. The standard InChI is InChI=1S/C34H39N3O3S/c1-2-3-9-22-40-29-16-14-28(15-17-29)37-32(38)24-41-34(37)30-12-7-8-13-31(30)36(33(34)39)25-35-20-18-27(19-21-35)23-26-10-5-4-6-11-26/h4-8,10-17,27H,2-3,9,18-25H2,1H3/t34-/m1/s1. The maximum Gasteiger partial charge on any atom is 0.269 e. The molecule has 3 aliphatic heterocycles. The number of carbonyl (C=O) groups is 2. The summed E-state index contributed by atoms with van der Waals surface area (Å²) in [5, 5.41) is 0. The van der Waals surface area contributed by atoms with Gasteiger partial charge in [0.05, 0.1) is 24.7 Å². The Morgan fingerprint density at radius 3 is 2.39 bits per heavy atom. The normalized spacial score (nSPS) is 21.2. The first-order valence-electron chi connectivity index (χ1n) is 15.0. The lowest BCUT2D eigenvalue weighted by Gasteiger charge is -2.36. The highest BCUT2D eigenvalue weighted by Gasteiger charge is 2.61. The Labute approximate surface area is 247 Å². The molecule has 3 aromatic rings. The first kappa shape index (κ1) is 27.9. The molecule has 2 amide bonds. The third-order valence-electron chi connectivity index (χ3n) is 8.59. The number of hydrogen-bond donors (Lipinski definition) is 0. The number of benzene rings is 3. The van der Waals surface area contributed by atoms with Gasteiger partial charge in [-0.1, -0.05) is 68.3 Å². The maximum atomic E-state index is 14.4. The Hall–Kier alpha value is -3.29. The molecule has 0 bridgehead atoms. The van der Waals surface area contributed by atoms with Gasteiger partial charge in [0.15, 0.2) is 0 Å². The van der Waals surface area contributed by atoms with Crippen LogP contribution in [-0.4, -0.2) is 48.8 Å². The van der Waals surface area contributed by atoms with Crippen molar-refractivity contribution in [2.24, 2.45) is 5.92 Å². The van der Waals surface area contributed by atoms with Gasteiger partial charge >= 0.3 is 0 Å². The summed E-state index contributed by atoms with van der Waals surface area (Å²) in [6, 6.07) is 26.4. The van der Waals surface area contributed by atoms with E-state index in [0.29, 0.717) is 19.2 Å². The molecule has 0 saturated carbocycles. The lowest BCUT2D eigenvalue weighted by molar-refractivity contribution is -0.124. The molecule has 0 aliphatic carbocycles. The van der Waals surface area contributed by atoms with Crippen LogP contribution in [0.3, 0.4) is 0 Å². The van der Waals surface area contributed by atoms with Crippen molar-refractivity contribution in [3.63, 3.8) is 0 Å². The van der Waals surface area contributed by atoms with Crippen LogP contribution in [0.1, 0.15) is 50.2 Å². The van der Waals surface area contributed by atoms with E-state index in [1.54, 1.807) is 4.90 Å². The van der Waals surface area contributed by atoms with Crippen molar-refractivity contribution in [2.45, 2.75) is 50.3 Å². The molecule has 3 aliphatic rings. The summed E-state index contributed by atoms with van der Waals surface area (Å²) in [6.45, 7) is 5.33. The molecule has 0 unspecified atom stereocenters. The fourth-order valence-corrected chi connectivity index (χ4v) is 7.77. The predicted octanol–water partition coefficient (Wildman–Crippen LogP) is 6.45. The van der Waals surface area contributed by atoms with Crippen LogP contribution in [0.4, 0.5) is 11.4 Å². The molecule has 214 valence electrons. The molecular weight excluding hydrogens is 530 g/mol. The Balaban J connectivity index is 1.19. The number of rotatable bonds is 10. The van der Waals surface area contributed by atoms with Crippen LogP contribution >= 0.6 is 11.8 Å². The van der Waals surface area contributed by atoms with Gasteiger partial charge < -0.3 is 4.74 Å². The topological polar surface area (TPSA) is 53.1 Å². The zero-order valence-corrected chi connectivity index (χ0v) is 24.7. The van der Waals surface area contributed by atoms with E-state index >= 15 is 0 Å². The van der Waals surface area contributed by atoms with Crippen molar-refractivity contribution in [2.75, 3.05) is 41.9 Å². The van der Waals surface area contributed by atoms with Gasteiger partial charge in [-0.05, 0) is 67.5 Å². The van der Waals surface area contributed by atoms with Crippen LogP contribution in [0.15, 0.2) is 78.9 Å². The molecule has 3 aromatic carbocycles. The maximum absolute atomic E-state index is 14.4. The molecule has 0 N–H and O–H groups in total. The highest BCUT2D eigenvalue weighted by molar-refractivity contribution is 8.02. The van der Waals surface area contributed by atoms with Gasteiger partial charge in [0, 0.05) is 24.3 Å². The second-order valence-corrected chi connectivity index (χ2v) is 12.5. The van der Waals surface area contributed by atoms with E-state index in [1.165, 1.54) is 17.3 Å². The fraction of sp³-hybridized carbons (Fsp3) is 0.412. The smallest absolute Gasteiger partial charge is 0.269 e. The molecule has 6 nitrogen and oxygen atoms in total. The van der Waals surface area contributed by atoms with E-state index in [2.05, 4.69) is 42.2 Å². The Bertz CT molecular complexity index is 1360. The molecule has 2 saturated heterocycles. The zero-order chi connectivity index (χ0) is 28.2. The summed E-state index contributed by atoms with van der Waals surface area (Å²) in [5.74, 6) is 1.65. The van der Waals surface area contributed by atoms with E-state index in [0.717, 1.165) is 74.3 Å². The second kappa shape index (κ2) is 12.3. The molecule has 1 atom stereocenters. The molecule has 6 rings (SSSR count). The molecule has 0 radical (unpaired) electrons. The number of thioether (sulfide) groups is 1. The Morgan fingerprint density at radius 2 is 1.63 bits per heavy atom. The van der Waals surface area contributed by atoms with E-state index in [1.807, 2.05) is 53.4 Å². The average molecular weight is 570 g/mol. The van der Waals surface area contributed by atoms with Gasteiger partial charge in [0.1, 0.15) is 5.75 Å². The summed E-state index contributed by atoms with van der Waals surface area (Å²) < 4.78 is 5.90. The minimum absolute atomic E-state index is 0.0270. The van der Waals surface area contributed by atoms with Crippen LogP contribution in [0, 0.1) is 5.92 Å². The Kier molecular flexibility index (Phi) is 8.35. The van der Waals surface area contributed by atoms with Gasteiger partial charge in [-0.2, -0.15) is 0 Å². The molecule has 2 fully saturated rings. The molecule has 0 aromatic heterocycles. The summed E-state index contributed by atoms with van der Waals surface area (Å²) >= 11 is 1.44. The third kappa shape index (κ3) is 5.50. The molecule has 41 heavy (non-hydrogen) atoms. The van der Waals surface area contributed by atoms with Crippen LogP contribution in [0.25, 0.3) is 0 Å². The van der Waals surface area contributed by atoms with Gasteiger partial charge in [0.2, 0.25) is 10.8 Å². The average Bonchev–Trinajstić information content (AvgIpc) is 3.47. The van der Waals surface area contributed by atoms with Gasteiger partial charge in [-0.15, -0.1) is 11.8 Å².